The lowest BCUT2D eigenvalue weighted by molar-refractivity contribution is -0.0453. The van der Waals surface area contributed by atoms with Gasteiger partial charge in [-0.25, -0.2) is 0 Å². The minimum Gasteiger partial charge on any atom is -0.376 e. The molecule has 2 heteroatoms. The molecule has 2 fully saturated rings. The van der Waals surface area contributed by atoms with Crippen LogP contribution in [0.3, 0.4) is 0 Å². The van der Waals surface area contributed by atoms with Gasteiger partial charge >= 0.3 is 0 Å². The van der Waals surface area contributed by atoms with E-state index < -0.39 is 0 Å². The average molecular weight is 253 g/mol. The van der Waals surface area contributed by atoms with Gasteiger partial charge in [-0.2, -0.15) is 0 Å². The Hall–Kier alpha value is -0.0800. The molecular weight excluding hydrogens is 222 g/mol. The second-order valence-electron chi connectivity index (χ2n) is 7.23. The Balaban J connectivity index is 1.79. The summed E-state index contributed by atoms with van der Waals surface area (Å²) in [5, 5.41) is 3.51. The maximum atomic E-state index is 6.21. The number of nitrogens with one attached hydrogen (secondary N) is 1. The highest BCUT2D eigenvalue weighted by Crippen LogP contribution is 2.66. The van der Waals surface area contributed by atoms with Crippen molar-refractivity contribution >= 4 is 0 Å². The van der Waals surface area contributed by atoms with Gasteiger partial charge in [0.25, 0.3) is 0 Å². The van der Waals surface area contributed by atoms with Crippen molar-refractivity contribution in [3.8, 4) is 0 Å². The molecule has 0 spiro atoms. The average Bonchev–Trinajstić information content (AvgIpc) is 2.67. The van der Waals surface area contributed by atoms with Crippen molar-refractivity contribution < 1.29 is 4.74 Å². The number of rotatable bonds is 6. The molecule has 0 aromatic carbocycles. The summed E-state index contributed by atoms with van der Waals surface area (Å²) in [5.74, 6) is 0.884. The minimum absolute atomic E-state index is 0.411. The molecule has 1 N–H and O–H groups in total. The number of hydrogen-bond acceptors (Lipinski definition) is 2. The number of fused-ring (bicyclic) bond motifs is 2. The Kier molecular flexibility index (Phi) is 4.08. The smallest absolute Gasteiger partial charge is 0.0637 e. The Labute approximate surface area is 113 Å². The van der Waals surface area contributed by atoms with Crippen LogP contribution in [0.15, 0.2) is 0 Å². The first-order chi connectivity index (χ1) is 8.41. The van der Waals surface area contributed by atoms with Crippen molar-refractivity contribution in [1.29, 1.82) is 0 Å². The van der Waals surface area contributed by atoms with Gasteiger partial charge in [-0.1, -0.05) is 27.7 Å². The molecule has 0 heterocycles. The van der Waals surface area contributed by atoms with E-state index in [-0.39, 0.29) is 0 Å². The molecule has 0 amide bonds. The SMILES string of the molecule is CCC(C)NCCOC1CC2CCC1(C)C2(C)C. The Morgan fingerprint density at radius 1 is 1.33 bits per heavy atom. The van der Waals surface area contributed by atoms with E-state index in [4.69, 9.17) is 4.74 Å². The molecule has 0 aromatic rings. The summed E-state index contributed by atoms with van der Waals surface area (Å²) in [6.45, 7) is 13.7. The van der Waals surface area contributed by atoms with Crippen LogP contribution in [0.25, 0.3) is 0 Å². The first kappa shape index (κ1) is 14.3. The van der Waals surface area contributed by atoms with Crippen LogP contribution in [-0.4, -0.2) is 25.3 Å². The van der Waals surface area contributed by atoms with Crippen molar-refractivity contribution in [2.24, 2.45) is 16.7 Å². The summed E-state index contributed by atoms with van der Waals surface area (Å²) in [4.78, 5) is 0. The molecule has 18 heavy (non-hydrogen) atoms. The normalized spacial score (nSPS) is 39.2. The van der Waals surface area contributed by atoms with Crippen molar-refractivity contribution in [3.05, 3.63) is 0 Å². The molecule has 0 saturated heterocycles. The summed E-state index contributed by atoms with van der Waals surface area (Å²) < 4.78 is 6.21. The van der Waals surface area contributed by atoms with E-state index in [1.54, 1.807) is 0 Å². The highest BCUT2D eigenvalue weighted by Gasteiger charge is 2.61. The fraction of sp³-hybridized carbons (Fsp3) is 1.00. The van der Waals surface area contributed by atoms with Gasteiger partial charge in [0.05, 0.1) is 12.7 Å². The summed E-state index contributed by atoms with van der Waals surface area (Å²) >= 11 is 0. The van der Waals surface area contributed by atoms with Crippen LogP contribution in [0.2, 0.25) is 0 Å². The van der Waals surface area contributed by atoms with E-state index in [0.717, 1.165) is 19.1 Å². The van der Waals surface area contributed by atoms with Crippen LogP contribution in [0.5, 0.6) is 0 Å². The highest BCUT2D eigenvalue weighted by atomic mass is 16.5. The molecule has 2 aliphatic rings. The first-order valence-corrected chi connectivity index (χ1v) is 7.76. The van der Waals surface area contributed by atoms with Crippen LogP contribution in [-0.2, 0) is 4.74 Å². The molecule has 4 unspecified atom stereocenters. The Bertz CT molecular complexity index is 289. The molecule has 0 aliphatic heterocycles. The maximum Gasteiger partial charge on any atom is 0.0637 e. The predicted octanol–water partition coefficient (Wildman–Crippen LogP) is 3.61. The first-order valence-electron chi connectivity index (χ1n) is 7.76. The van der Waals surface area contributed by atoms with E-state index >= 15 is 0 Å². The molecule has 0 radical (unpaired) electrons. The Morgan fingerprint density at radius 3 is 2.56 bits per heavy atom. The second kappa shape index (κ2) is 5.13. The summed E-state index contributed by atoms with van der Waals surface area (Å²) in [5.41, 5.74) is 0.885. The van der Waals surface area contributed by atoms with E-state index in [1.807, 2.05) is 0 Å². The van der Waals surface area contributed by atoms with E-state index in [9.17, 15) is 0 Å². The van der Waals surface area contributed by atoms with Crippen molar-refractivity contribution in [2.75, 3.05) is 13.2 Å². The predicted molar refractivity (Wildman–Crippen MR) is 76.7 cm³/mol. The van der Waals surface area contributed by atoms with Crippen LogP contribution < -0.4 is 5.32 Å². The van der Waals surface area contributed by atoms with Crippen molar-refractivity contribution in [2.45, 2.75) is 72.4 Å². The lowest BCUT2D eigenvalue weighted by Gasteiger charge is -2.39. The fourth-order valence-electron chi connectivity index (χ4n) is 4.03. The standard InChI is InChI=1S/C16H31NO/c1-6-12(2)17-9-10-18-14-11-13-7-8-16(14,5)15(13,3)4/h12-14,17H,6-11H2,1-5H3. The fourth-order valence-corrected chi connectivity index (χ4v) is 4.03. The minimum atomic E-state index is 0.411. The largest absolute Gasteiger partial charge is 0.376 e. The van der Waals surface area contributed by atoms with Crippen LogP contribution in [0, 0.1) is 16.7 Å². The van der Waals surface area contributed by atoms with Crippen LogP contribution in [0.1, 0.15) is 60.3 Å². The lowest BCUT2D eigenvalue weighted by atomic mass is 9.70. The maximum absolute atomic E-state index is 6.21. The summed E-state index contributed by atoms with van der Waals surface area (Å²) in [6.07, 6.45) is 5.73. The lowest BCUT2D eigenvalue weighted by Crippen LogP contribution is -2.38. The van der Waals surface area contributed by atoms with Gasteiger partial charge in [-0.05, 0) is 49.4 Å². The van der Waals surface area contributed by atoms with Gasteiger partial charge in [0, 0.05) is 12.6 Å². The number of ether oxygens (including phenoxy) is 1. The zero-order chi connectivity index (χ0) is 13.4. The summed E-state index contributed by atoms with van der Waals surface area (Å²) in [6, 6.07) is 0.612. The van der Waals surface area contributed by atoms with Crippen molar-refractivity contribution in [3.63, 3.8) is 0 Å². The second-order valence-corrected chi connectivity index (χ2v) is 7.23. The molecule has 2 rings (SSSR count). The van der Waals surface area contributed by atoms with E-state index in [2.05, 4.69) is 39.9 Å². The van der Waals surface area contributed by atoms with Crippen LogP contribution >= 0.6 is 0 Å². The zero-order valence-electron chi connectivity index (χ0n) is 12.9. The molecule has 2 bridgehead atoms. The molecular formula is C16H31NO. The highest BCUT2D eigenvalue weighted by molar-refractivity contribution is 5.11. The molecule has 106 valence electrons. The monoisotopic (exact) mass is 253 g/mol. The van der Waals surface area contributed by atoms with Gasteiger partial charge in [0.2, 0.25) is 0 Å². The zero-order valence-corrected chi connectivity index (χ0v) is 12.9. The molecule has 4 atom stereocenters. The molecule has 2 aliphatic carbocycles. The van der Waals surface area contributed by atoms with Crippen molar-refractivity contribution in [1.82, 2.24) is 5.32 Å². The molecule has 2 nitrogen and oxygen atoms in total. The Morgan fingerprint density at radius 2 is 2.06 bits per heavy atom. The van der Waals surface area contributed by atoms with Gasteiger partial charge in [0.15, 0.2) is 0 Å². The van der Waals surface area contributed by atoms with Crippen LogP contribution in [0.4, 0.5) is 0 Å². The third-order valence-electron chi connectivity index (χ3n) is 6.24. The summed E-state index contributed by atoms with van der Waals surface area (Å²) in [7, 11) is 0. The third-order valence-corrected chi connectivity index (χ3v) is 6.24. The topological polar surface area (TPSA) is 21.3 Å². The number of hydrogen-bond donors (Lipinski definition) is 1. The third kappa shape index (κ3) is 2.22. The van der Waals surface area contributed by atoms with E-state index in [0.29, 0.717) is 23.0 Å². The molecule has 2 saturated carbocycles. The van der Waals surface area contributed by atoms with Gasteiger partial charge in [-0.15, -0.1) is 0 Å². The van der Waals surface area contributed by atoms with Gasteiger partial charge in [0.1, 0.15) is 0 Å². The quantitative estimate of drug-likeness (QED) is 0.730. The van der Waals surface area contributed by atoms with Gasteiger partial charge < -0.3 is 10.1 Å². The molecule has 0 aromatic heterocycles. The van der Waals surface area contributed by atoms with Gasteiger partial charge in [-0.3, -0.25) is 0 Å². The van der Waals surface area contributed by atoms with E-state index in [1.165, 1.54) is 25.7 Å².